The lowest BCUT2D eigenvalue weighted by Crippen LogP contribution is -2.23. The summed E-state index contributed by atoms with van der Waals surface area (Å²) < 4.78 is 0. The van der Waals surface area contributed by atoms with Gasteiger partial charge in [0.1, 0.15) is 9.52 Å². The topological polar surface area (TPSA) is 0 Å². The van der Waals surface area contributed by atoms with Gasteiger partial charge < -0.3 is 0 Å². The second-order valence-electron chi connectivity index (χ2n) is 8.63. The zero-order valence-electron chi connectivity index (χ0n) is 17.3. The van der Waals surface area contributed by atoms with Crippen LogP contribution in [-0.4, -0.2) is 9.52 Å². The van der Waals surface area contributed by atoms with E-state index in [4.69, 9.17) is 0 Å². The van der Waals surface area contributed by atoms with Gasteiger partial charge in [-0.15, -0.1) is 0 Å². The quantitative estimate of drug-likeness (QED) is 0.507. The van der Waals surface area contributed by atoms with Crippen molar-refractivity contribution in [2.75, 3.05) is 0 Å². The molecule has 27 heavy (non-hydrogen) atoms. The maximum Gasteiger partial charge on any atom is 0.117 e. The number of aryl methyl sites for hydroxylation is 1. The van der Waals surface area contributed by atoms with E-state index in [1.54, 1.807) is 5.20 Å². The lowest BCUT2D eigenvalue weighted by molar-refractivity contribution is 0.516. The minimum absolute atomic E-state index is 0.235. The fraction of sp³-hybridized carbons (Fsp3) is 0.385. The first kappa shape index (κ1) is 19.9. The molecule has 0 spiro atoms. The number of benzene rings is 2. The van der Waals surface area contributed by atoms with Crippen molar-refractivity contribution in [3.63, 3.8) is 0 Å². The Hall–Kier alpha value is -1.86. The fourth-order valence-electron chi connectivity index (χ4n) is 3.71. The molecule has 0 saturated heterocycles. The van der Waals surface area contributed by atoms with Crippen LogP contribution in [0.15, 0.2) is 71.5 Å². The molecule has 0 N–H and O–H groups in total. The van der Waals surface area contributed by atoms with Gasteiger partial charge in [-0.1, -0.05) is 105 Å². The SMILES string of the molecule is CCCCc1ccc(Cc2ccccc2[Si]C2=C(C(C)(C)C)C=CC2)cc1. The average molecular weight is 373 g/mol. The van der Waals surface area contributed by atoms with Gasteiger partial charge in [0.2, 0.25) is 0 Å². The van der Waals surface area contributed by atoms with Gasteiger partial charge in [0.25, 0.3) is 0 Å². The van der Waals surface area contributed by atoms with Gasteiger partial charge in [-0.25, -0.2) is 0 Å². The van der Waals surface area contributed by atoms with Crippen LogP contribution in [0.25, 0.3) is 0 Å². The predicted molar refractivity (Wildman–Crippen MR) is 120 cm³/mol. The van der Waals surface area contributed by atoms with Gasteiger partial charge in [0, 0.05) is 0 Å². The first-order valence-electron chi connectivity index (χ1n) is 10.3. The summed E-state index contributed by atoms with van der Waals surface area (Å²) in [7, 11) is 0.777. The summed E-state index contributed by atoms with van der Waals surface area (Å²) in [6.07, 6.45) is 10.6. The second kappa shape index (κ2) is 8.88. The van der Waals surface area contributed by atoms with Crippen molar-refractivity contribution in [1.29, 1.82) is 0 Å². The Bertz CT molecular complexity index is 816. The second-order valence-corrected chi connectivity index (χ2v) is 10.0. The molecule has 0 aliphatic heterocycles. The molecule has 0 fully saturated rings. The fourth-order valence-corrected chi connectivity index (χ4v) is 5.36. The van der Waals surface area contributed by atoms with Crippen LogP contribution in [0.1, 0.15) is 63.6 Å². The minimum atomic E-state index is 0.235. The molecule has 0 unspecified atom stereocenters. The Kier molecular flexibility index (Phi) is 6.54. The maximum absolute atomic E-state index is 2.35. The summed E-state index contributed by atoms with van der Waals surface area (Å²) in [5.74, 6) is 0. The van der Waals surface area contributed by atoms with E-state index in [1.807, 2.05) is 0 Å². The molecule has 1 aliphatic rings. The van der Waals surface area contributed by atoms with E-state index in [9.17, 15) is 0 Å². The van der Waals surface area contributed by atoms with Gasteiger partial charge in [-0.2, -0.15) is 0 Å². The third kappa shape index (κ3) is 5.32. The molecule has 2 aromatic rings. The molecule has 140 valence electrons. The van der Waals surface area contributed by atoms with E-state index in [0.717, 1.165) is 22.4 Å². The number of allylic oxidation sites excluding steroid dienone is 4. The van der Waals surface area contributed by atoms with E-state index in [1.165, 1.54) is 46.7 Å². The molecule has 2 aromatic carbocycles. The Morgan fingerprint density at radius 3 is 2.33 bits per heavy atom. The van der Waals surface area contributed by atoms with Crippen LogP contribution in [0.4, 0.5) is 0 Å². The highest BCUT2D eigenvalue weighted by Gasteiger charge is 2.22. The first-order valence-corrected chi connectivity index (χ1v) is 11.3. The maximum atomic E-state index is 2.35. The Balaban J connectivity index is 1.77. The first-order chi connectivity index (χ1) is 13.0. The average Bonchev–Trinajstić information content (AvgIpc) is 3.11. The normalized spacial score (nSPS) is 14.2. The van der Waals surface area contributed by atoms with Crippen molar-refractivity contribution in [3.8, 4) is 0 Å². The van der Waals surface area contributed by atoms with Crippen LogP contribution in [0.5, 0.6) is 0 Å². The summed E-state index contributed by atoms with van der Waals surface area (Å²) in [5.41, 5.74) is 6.13. The highest BCUT2D eigenvalue weighted by atomic mass is 28.2. The Labute approximate surface area is 168 Å². The monoisotopic (exact) mass is 372 g/mol. The van der Waals surface area contributed by atoms with E-state index in [-0.39, 0.29) is 5.41 Å². The van der Waals surface area contributed by atoms with Crippen molar-refractivity contribution in [1.82, 2.24) is 0 Å². The van der Waals surface area contributed by atoms with Crippen molar-refractivity contribution in [3.05, 3.63) is 88.1 Å². The van der Waals surface area contributed by atoms with Gasteiger partial charge >= 0.3 is 0 Å². The molecular formula is C26H32Si. The Morgan fingerprint density at radius 1 is 0.926 bits per heavy atom. The molecule has 0 saturated carbocycles. The van der Waals surface area contributed by atoms with Crippen LogP contribution < -0.4 is 5.19 Å². The van der Waals surface area contributed by atoms with Crippen LogP contribution in [0, 0.1) is 5.41 Å². The van der Waals surface area contributed by atoms with E-state index >= 15 is 0 Å². The summed E-state index contributed by atoms with van der Waals surface area (Å²) in [6.45, 7) is 9.24. The van der Waals surface area contributed by atoms with Gasteiger partial charge in [0.05, 0.1) is 0 Å². The summed E-state index contributed by atoms with van der Waals surface area (Å²) in [5, 5.41) is 3.12. The number of hydrogen-bond donors (Lipinski definition) is 0. The van der Waals surface area contributed by atoms with Crippen molar-refractivity contribution < 1.29 is 0 Å². The molecule has 0 aromatic heterocycles. The molecule has 0 bridgehead atoms. The predicted octanol–water partition coefficient (Wildman–Crippen LogP) is 6.21. The molecule has 0 heterocycles. The molecular weight excluding hydrogens is 340 g/mol. The van der Waals surface area contributed by atoms with E-state index in [2.05, 4.69) is 88.4 Å². The Morgan fingerprint density at radius 2 is 1.63 bits per heavy atom. The van der Waals surface area contributed by atoms with Crippen LogP contribution in [0.2, 0.25) is 0 Å². The van der Waals surface area contributed by atoms with E-state index < -0.39 is 0 Å². The van der Waals surface area contributed by atoms with Gasteiger partial charge in [-0.05, 0) is 53.4 Å². The molecule has 0 amide bonds. The summed E-state index contributed by atoms with van der Waals surface area (Å²) in [6, 6.07) is 18.3. The van der Waals surface area contributed by atoms with Crippen LogP contribution >= 0.6 is 0 Å². The zero-order chi connectivity index (χ0) is 19.3. The molecule has 2 radical (unpaired) electrons. The third-order valence-corrected chi connectivity index (χ3v) is 6.81. The largest absolute Gasteiger partial charge is 0.117 e. The highest BCUT2D eigenvalue weighted by molar-refractivity contribution is 6.62. The molecule has 0 atom stereocenters. The molecule has 1 aliphatic carbocycles. The van der Waals surface area contributed by atoms with E-state index in [0.29, 0.717) is 0 Å². The molecule has 3 rings (SSSR count). The molecule has 0 nitrogen and oxygen atoms in total. The summed E-state index contributed by atoms with van der Waals surface area (Å²) in [4.78, 5) is 0. The van der Waals surface area contributed by atoms with Crippen molar-refractivity contribution in [2.45, 2.75) is 59.8 Å². The standard InChI is InChI=1S/C26H32Si/c1-5-6-10-20-15-17-21(18-16-20)19-22-11-7-8-13-24(22)27-25-14-9-12-23(25)26(2,3)4/h7-9,11-13,15-18H,5-6,10,14,19H2,1-4H3. The minimum Gasteiger partial charge on any atom is -0.0806 e. The van der Waals surface area contributed by atoms with Crippen LogP contribution in [-0.2, 0) is 12.8 Å². The smallest absolute Gasteiger partial charge is 0.0806 e. The number of rotatable bonds is 7. The summed E-state index contributed by atoms with van der Waals surface area (Å²) >= 11 is 0. The van der Waals surface area contributed by atoms with Crippen molar-refractivity contribution in [2.24, 2.45) is 5.41 Å². The molecule has 1 heteroatoms. The van der Waals surface area contributed by atoms with Crippen molar-refractivity contribution >= 4 is 14.7 Å². The zero-order valence-corrected chi connectivity index (χ0v) is 18.3. The third-order valence-electron chi connectivity index (χ3n) is 5.28. The van der Waals surface area contributed by atoms with Gasteiger partial charge in [-0.3, -0.25) is 0 Å². The number of unbranched alkanes of at least 4 members (excludes halogenated alkanes) is 1. The highest BCUT2D eigenvalue weighted by Crippen LogP contribution is 2.33. The van der Waals surface area contributed by atoms with Crippen LogP contribution in [0.3, 0.4) is 0 Å². The van der Waals surface area contributed by atoms with Gasteiger partial charge in [0.15, 0.2) is 0 Å². The lowest BCUT2D eigenvalue weighted by Gasteiger charge is -2.22. The lowest BCUT2D eigenvalue weighted by atomic mass is 9.87. The number of hydrogen-bond acceptors (Lipinski definition) is 0.